The van der Waals surface area contributed by atoms with Gasteiger partial charge in [0.15, 0.2) is 11.5 Å². The van der Waals surface area contributed by atoms with E-state index < -0.39 is 0 Å². The van der Waals surface area contributed by atoms with Crippen molar-refractivity contribution in [2.45, 2.75) is 19.4 Å². The first-order valence-electron chi connectivity index (χ1n) is 5.01. The van der Waals surface area contributed by atoms with Gasteiger partial charge in [-0.1, -0.05) is 18.2 Å². The van der Waals surface area contributed by atoms with Crippen LogP contribution in [0, 0.1) is 0 Å². The fraction of sp³-hybridized carbons (Fsp3) is 0.333. The highest BCUT2D eigenvalue weighted by atomic mass is 35.5. The minimum absolute atomic E-state index is 0. The molecule has 1 aromatic rings. The van der Waals surface area contributed by atoms with Crippen molar-refractivity contribution in [3.8, 4) is 11.5 Å². The summed E-state index contributed by atoms with van der Waals surface area (Å²) in [6.45, 7) is 6.01. The van der Waals surface area contributed by atoms with E-state index in [1.54, 1.807) is 18.2 Å². The van der Waals surface area contributed by atoms with Gasteiger partial charge in [-0.25, -0.2) is 0 Å². The molecule has 0 amide bonds. The molecule has 3 nitrogen and oxygen atoms in total. The largest absolute Gasteiger partial charge is 0.504 e. The molecule has 90 valence electrons. The van der Waals surface area contributed by atoms with Gasteiger partial charge in [0.05, 0.1) is 6.61 Å². The first-order chi connectivity index (χ1) is 7.20. The summed E-state index contributed by atoms with van der Waals surface area (Å²) >= 11 is 0. The molecule has 0 aromatic heterocycles. The van der Waals surface area contributed by atoms with Gasteiger partial charge in [0.2, 0.25) is 0 Å². The molecule has 0 radical (unpaired) electrons. The molecule has 0 bridgehead atoms. The van der Waals surface area contributed by atoms with Crippen LogP contribution in [0.15, 0.2) is 30.9 Å². The molecule has 0 saturated carbocycles. The lowest BCUT2D eigenvalue weighted by atomic mass is 10.0. The van der Waals surface area contributed by atoms with E-state index in [4.69, 9.17) is 10.5 Å². The van der Waals surface area contributed by atoms with E-state index in [-0.39, 0.29) is 24.2 Å². The Morgan fingerprint density at radius 3 is 2.81 bits per heavy atom. The molecule has 0 fully saturated rings. The predicted octanol–water partition coefficient (Wildman–Crippen LogP) is 2.79. The van der Waals surface area contributed by atoms with Crippen molar-refractivity contribution in [2.24, 2.45) is 5.73 Å². The molecule has 0 unspecified atom stereocenters. The number of nitrogens with two attached hydrogens (primary N) is 1. The van der Waals surface area contributed by atoms with Crippen molar-refractivity contribution in [3.63, 3.8) is 0 Å². The van der Waals surface area contributed by atoms with Gasteiger partial charge in [-0.05, 0) is 19.4 Å². The van der Waals surface area contributed by atoms with E-state index in [0.29, 0.717) is 24.3 Å². The topological polar surface area (TPSA) is 55.5 Å². The van der Waals surface area contributed by atoms with Gasteiger partial charge >= 0.3 is 0 Å². The summed E-state index contributed by atoms with van der Waals surface area (Å²) in [5.41, 5.74) is 6.58. The second kappa shape index (κ2) is 7.14. The third kappa shape index (κ3) is 3.43. The van der Waals surface area contributed by atoms with Gasteiger partial charge < -0.3 is 15.6 Å². The molecule has 1 rings (SSSR count). The van der Waals surface area contributed by atoms with E-state index in [9.17, 15) is 5.11 Å². The lowest BCUT2D eigenvalue weighted by molar-refractivity contribution is 0.315. The standard InChI is InChI=1S/C12H17NO2.ClH/c1-3-6-10(13)9-7-5-8-11(12(9)14)15-4-2;/h3,5,7-8,10,14H,1,4,6,13H2,2H3;1H/t10-;/m1./s1. The summed E-state index contributed by atoms with van der Waals surface area (Å²) < 4.78 is 5.27. The lowest BCUT2D eigenvalue weighted by Gasteiger charge is -2.14. The number of hydrogen-bond acceptors (Lipinski definition) is 3. The van der Waals surface area contributed by atoms with Crippen LogP contribution in [0.1, 0.15) is 24.9 Å². The van der Waals surface area contributed by atoms with Crippen molar-refractivity contribution in [1.29, 1.82) is 0 Å². The van der Waals surface area contributed by atoms with Crippen LogP contribution >= 0.6 is 12.4 Å². The van der Waals surface area contributed by atoms with Crippen LogP contribution < -0.4 is 10.5 Å². The highest BCUT2D eigenvalue weighted by molar-refractivity contribution is 5.85. The molecular weight excluding hydrogens is 226 g/mol. The van der Waals surface area contributed by atoms with Crippen LogP contribution in [0.3, 0.4) is 0 Å². The molecule has 0 aliphatic rings. The highest BCUT2D eigenvalue weighted by Gasteiger charge is 2.12. The van der Waals surface area contributed by atoms with Crippen molar-refractivity contribution in [2.75, 3.05) is 6.61 Å². The maximum Gasteiger partial charge on any atom is 0.162 e. The predicted molar refractivity (Wildman–Crippen MR) is 68.3 cm³/mol. The number of hydrogen-bond donors (Lipinski definition) is 2. The number of rotatable bonds is 5. The van der Waals surface area contributed by atoms with Crippen molar-refractivity contribution in [3.05, 3.63) is 36.4 Å². The van der Waals surface area contributed by atoms with E-state index >= 15 is 0 Å². The summed E-state index contributed by atoms with van der Waals surface area (Å²) in [4.78, 5) is 0. The Labute approximate surface area is 102 Å². The number of para-hydroxylation sites is 1. The van der Waals surface area contributed by atoms with Gasteiger partial charge in [-0.2, -0.15) is 0 Å². The quantitative estimate of drug-likeness (QED) is 0.782. The maximum absolute atomic E-state index is 9.88. The summed E-state index contributed by atoms with van der Waals surface area (Å²) in [5.74, 6) is 0.614. The molecule has 16 heavy (non-hydrogen) atoms. The molecule has 1 atom stereocenters. The monoisotopic (exact) mass is 243 g/mol. The average Bonchev–Trinajstić information content (AvgIpc) is 2.22. The van der Waals surface area contributed by atoms with E-state index in [1.165, 1.54) is 0 Å². The first kappa shape index (κ1) is 14.8. The molecule has 3 N–H and O–H groups in total. The van der Waals surface area contributed by atoms with Crippen LogP contribution in [0.25, 0.3) is 0 Å². The number of phenols is 1. The lowest BCUT2D eigenvalue weighted by Crippen LogP contribution is -2.09. The molecule has 0 heterocycles. The smallest absolute Gasteiger partial charge is 0.162 e. The number of ether oxygens (including phenoxy) is 1. The van der Waals surface area contributed by atoms with Crippen LogP contribution in [0.4, 0.5) is 0 Å². The van der Waals surface area contributed by atoms with Gasteiger partial charge in [0.25, 0.3) is 0 Å². The minimum Gasteiger partial charge on any atom is -0.504 e. The van der Waals surface area contributed by atoms with E-state index in [1.807, 2.05) is 13.0 Å². The summed E-state index contributed by atoms with van der Waals surface area (Å²) in [7, 11) is 0. The Morgan fingerprint density at radius 1 is 1.56 bits per heavy atom. The van der Waals surface area contributed by atoms with Crippen molar-refractivity contribution in [1.82, 2.24) is 0 Å². The maximum atomic E-state index is 9.88. The summed E-state index contributed by atoms with van der Waals surface area (Å²) in [6, 6.07) is 5.11. The van der Waals surface area contributed by atoms with E-state index in [2.05, 4.69) is 6.58 Å². The van der Waals surface area contributed by atoms with Crippen molar-refractivity contribution < 1.29 is 9.84 Å². The Morgan fingerprint density at radius 2 is 2.25 bits per heavy atom. The number of aromatic hydroxyl groups is 1. The number of phenolic OH excluding ortho intramolecular Hbond substituents is 1. The molecular formula is C12H18ClNO2. The molecule has 0 saturated heterocycles. The molecule has 4 heteroatoms. The minimum atomic E-state index is -0.233. The zero-order valence-electron chi connectivity index (χ0n) is 9.35. The average molecular weight is 244 g/mol. The Kier molecular flexibility index (Phi) is 6.61. The molecule has 0 aliphatic heterocycles. The fourth-order valence-electron chi connectivity index (χ4n) is 1.42. The third-order valence-corrected chi connectivity index (χ3v) is 2.15. The SMILES string of the molecule is C=CC[C@@H](N)c1cccc(OCC)c1O.Cl. The van der Waals surface area contributed by atoms with Crippen LogP contribution in [-0.4, -0.2) is 11.7 Å². The summed E-state index contributed by atoms with van der Waals surface area (Å²) in [6.07, 6.45) is 2.36. The molecule has 1 aromatic carbocycles. The van der Waals surface area contributed by atoms with Gasteiger partial charge in [-0.15, -0.1) is 19.0 Å². The second-order valence-electron chi connectivity index (χ2n) is 3.26. The van der Waals surface area contributed by atoms with Gasteiger partial charge in [-0.3, -0.25) is 0 Å². The summed E-state index contributed by atoms with van der Waals surface area (Å²) in [5, 5.41) is 9.88. The highest BCUT2D eigenvalue weighted by Crippen LogP contribution is 2.33. The van der Waals surface area contributed by atoms with Crippen molar-refractivity contribution >= 4 is 12.4 Å². The zero-order chi connectivity index (χ0) is 11.3. The Balaban J connectivity index is 0.00000225. The number of halogens is 1. The van der Waals surface area contributed by atoms with Crippen LogP contribution in [0.2, 0.25) is 0 Å². The normalized spacial score (nSPS) is 11.4. The first-order valence-corrected chi connectivity index (χ1v) is 5.01. The van der Waals surface area contributed by atoms with Crippen LogP contribution in [-0.2, 0) is 0 Å². The second-order valence-corrected chi connectivity index (χ2v) is 3.26. The van der Waals surface area contributed by atoms with Gasteiger partial charge in [0, 0.05) is 11.6 Å². The third-order valence-electron chi connectivity index (χ3n) is 2.15. The fourth-order valence-corrected chi connectivity index (χ4v) is 1.42. The zero-order valence-corrected chi connectivity index (χ0v) is 10.2. The number of benzene rings is 1. The van der Waals surface area contributed by atoms with Crippen LogP contribution in [0.5, 0.6) is 11.5 Å². The van der Waals surface area contributed by atoms with Gasteiger partial charge in [0.1, 0.15) is 0 Å². The van der Waals surface area contributed by atoms with E-state index in [0.717, 1.165) is 0 Å². The molecule has 0 spiro atoms. The Hall–Kier alpha value is -1.19. The molecule has 0 aliphatic carbocycles. The Bertz CT molecular complexity index is 342.